The van der Waals surface area contributed by atoms with E-state index in [4.69, 9.17) is 10.8 Å². The van der Waals surface area contributed by atoms with Gasteiger partial charge in [-0.15, -0.1) is 0 Å². The second-order valence-electron chi connectivity index (χ2n) is 3.27. The van der Waals surface area contributed by atoms with Crippen molar-refractivity contribution < 1.29 is 19.5 Å². The molecule has 0 aliphatic rings. The topological polar surface area (TPSA) is 109 Å². The number of hydrogen-bond donors (Lipinski definition) is 3. The van der Waals surface area contributed by atoms with Crippen molar-refractivity contribution in [2.75, 3.05) is 6.54 Å². The summed E-state index contributed by atoms with van der Waals surface area (Å²) in [5, 5.41) is 10.9. The van der Waals surface area contributed by atoms with Gasteiger partial charge in [-0.25, -0.2) is 4.79 Å². The largest absolute Gasteiger partial charge is 0.478 e. The fourth-order valence-electron chi connectivity index (χ4n) is 1.26. The monoisotopic (exact) mass is 236 g/mol. The summed E-state index contributed by atoms with van der Waals surface area (Å²) in [6, 6.07) is 5.66. The molecule has 0 spiro atoms. The van der Waals surface area contributed by atoms with Crippen LogP contribution in [0.3, 0.4) is 0 Å². The van der Waals surface area contributed by atoms with E-state index in [1.54, 1.807) is 0 Å². The molecule has 0 atom stereocenters. The second-order valence-corrected chi connectivity index (χ2v) is 3.27. The van der Waals surface area contributed by atoms with Crippen LogP contribution in [0.1, 0.15) is 27.1 Å². The number of carboxylic acid groups (broad SMARTS) is 1. The molecule has 6 nitrogen and oxygen atoms in total. The summed E-state index contributed by atoms with van der Waals surface area (Å²) in [6.45, 7) is 0.125. The molecule has 0 bridgehead atoms. The number of aromatic carboxylic acids is 1. The lowest BCUT2D eigenvalue weighted by molar-refractivity contribution is -0.119. The third kappa shape index (κ3) is 3.39. The molecule has 4 N–H and O–H groups in total. The minimum Gasteiger partial charge on any atom is -0.478 e. The molecule has 2 amide bonds. The molecule has 0 saturated heterocycles. The van der Waals surface area contributed by atoms with E-state index in [0.717, 1.165) is 0 Å². The molecular weight excluding hydrogens is 224 g/mol. The highest BCUT2D eigenvalue weighted by Gasteiger charge is 2.17. The molecule has 0 aliphatic carbocycles. The van der Waals surface area contributed by atoms with Gasteiger partial charge in [0.1, 0.15) is 0 Å². The van der Waals surface area contributed by atoms with Crippen molar-refractivity contribution in [3.8, 4) is 0 Å². The van der Waals surface area contributed by atoms with Crippen LogP contribution < -0.4 is 11.1 Å². The van der Waals surface area contributed by atoms with Gasteiger partial charge < -0.3 is 10.8 Å². The zero-order valence-electron chi connectivity index (χ0n) is 8.97. The summed E-state index contributed by atoms with van der Waals surface area (Å²) >= 11 is 0. The van der Waals surface area contributed by atoms with Crippen LogP contribution >= 0.6 is 0 Å². The smallest absolute Gasteiger partial charge is 0.336 e. The van der Waals surface area contributed by atoms with Crippen LogP contribution in [0.15, 0.2) is 24.3 Å². The lowest BCUT2D eigenvalue weighted by Gasteiger charge is -2.05. The van der Waals surface area contributed by atoms with Crippen LogP contribution in [0.4, 0.5) is 0 Å². The number of nitrogens with two attached hydrogens (primary N) is 1. The van der Waals surface area contributed by atoms with Gasteiger partial charge in [0.15, 0.2) is 0 Å². The number of carboxylic acids is 1. The molecule has 1 aromatic carbocycles. The maximum atomic E-state index is 11.6. The first-order valence-corrected chi connectivity index (χ1v) is 4.93. The molecule has 0 unspecified atom stereocenters. The molecule has 1 aromatic rings. The van der Waals surface area contributed by atoms with Crippen LogP contribution in [-0.4, -0.2) is 29.4 Å². The van der Waals surface area contributed by atoms with Gasteiger partial charge in [0.25, 0.3) is 5.91 Å². The van der Waals surface area contributed by atoms with Crippen molar-refractivity contribution in [3.63, 3.8) is 0 Å². The lowest BCUT2D eigenvalue weighted by atomic mass is 10.1. The first-order valence-electron chi connectivity index (χ1n) is 4.93. The normalized spacial score (nSPS) is 9.71. The first kappa shape index (κ1) is 12.9. The first-order chi connectivity index (χ1) is 8.06. The van der Waals surface area contributed by atoms with E-state index >= 15 is 0 Å². The average Bonchev–Trinajstić information content (AvgIpc) is 2.29. The Morgan fingerprint density at radius 2 is 1.76 bits per heavy atom. The number of imide groups is 1. The number of rotatable bonds is 4. The summed E-state index contributed by atoms with van der Waals surface area (Å²) in [7, 11) is 0. The minimum atomic E-state index is -1.22. The van der Waals surface area contributed by atoms with E-state index in [9.17, 15) is 14.4 Å². The molecule has 17 heavy (non-hydrogen) atoms. The van der Waals surface area contributed by atoms with Crippen molar-refractivity contribution in [3.05, 3.63) is 35.4 Å². The molecule has 0 heterocycles. The van der Waals surface area contributed by atoms with E-state index < -0.39 is 17.8 Å². The molecule has 1 rings (SSSR count). The second kappa shape index (κ2) is 5.76. The highest BCUT2D eigenvalue weighted by molar-refractivity contribution is 6.10. The third-order valence-corrected chi connectivity index (χ3v) is 2.03. The van der Waals surface area contributed by atoms with Crippen molar-refractivity contribution in [1.82, 2.24) is 5.32 Å². The van der Waals surface area contributed by atoms with Crippen molar-refractivity contribution in [1.29, 1.82) is 0 Å². The fraction of sp³-hybridized carbons (Fsp3) is 0.182. The molecule has 0 aromatic heterocycles. The van der Waals surface area contributed by atoms with Gasteiger partial charge >= 0.3 is 5.97 Å². The Hall–Kier alpha value is -2.21. The summed E-state index contributed by atoms with van der Waals surface area (Å²) in [4.78, 5) is 33.6. The van der Waals surface area contributed by atoms with Gasteiger partial charge in [0, 0.05) is 13.0 Å². The predicted molar refractivity (Wildman–Crippen MR) is 59.5 cm³/mol. The Balaban J connectivity index is 2.89. The molecule has 0 radical (unpaired) electrons. The SMILES string of the molecule is NCCC(=O)NC(=O)c1ccccc1C(=O)O. The van der Waals surface area contributed by atoms with Crippen LogP contribution in [0.25, 0.3) is 0 Å². The van der Waals surface area contributed by atoms with Crippen LogP contribution in [0.5, 0.6) is 0 Å². The number of carbonyl (C=O) groups excluding carboxylic acids is 2. The standard InChI is InChI=1S/C11H12N2O4/c12-6-5-9(14)13-10(15)7-3-1-2-4-8(7)11(16)17/h1-4H,5-6,12H2,(H,16,17)(H,13,14,15). The number of amides is 2. The van der Waals surface area contributed by atoms with E-state index in [1.807, 2.05) is 0 Å². The van der Waals surface area contributed by atoms with Crippen molar-refractivity contribution >= 4 is 17.8 Å². The van der Waals surface area contributed by atoms with Crippen LogP contribution in [0.2, 0.25) is 0 Å². The quantitative estimate of drug-likeness (QED) is 0.681. The number of nitrogens with one attached hydrogen (secondary N) is 1. The van der Waals surface area contributed by atoms with E-state index in [1.165, 1.54) is 24.3 Å². The molecule has 0 saturated carbocycles. The van der Waals surface area contributed by atoms with Gasteiger partial charge in [-0.1, -0.05) is 12.1 Å². The van der Waals surface area contributed by atoms with E-state index in [-0.39, 0.29) is 24.1 Å². The summed E-state index contributed by atoms with van der Waals surface area (Å²) in [5.74, 6) is -2.49. The fourth-order valence-corrected chi connectivity index (χ4v) is 1.26. The summed E-state index contributed by atoms with van der Waals surface area (Å²) in [6.07, 6.45) is 0.0149. The van der Waals surface area contributed by atoms with Crippen LogP contribution in [-0.2, 0) is 4.79 Å². The Morgan fingerprint density at radius 3 is 2.29 bits per heavy atom. The Kier molecular flexibility index (Phi) is 4.36. The van der Waals surface area contributed by atoms with Gasteiger partial charge in [-0.05, 0) is 12.1 Å². The third-order valence-electron chi connectivity index (χ3n) is 2.03. The summed E-state index contributed by atoms with van der Waals surface area (Å²) in [5.41, 5.74) is 4.96. The van der Waals surface area contributed by atoms with E-state index in [2.05, 4.69) is 5.32 Å². The lowest BCUT2D eigenvalue weighted by Crippen LogP contribution is -2.32. The zero-order chi connectivity index (χ0) is 12.8. The minimum absolute atomic E-state index is 0.0149. The van der Waals surface area contributed by atoms with Gasteiger partial charge in [0.05, 0.1) is 11.1 Å². The highest BCUT2D eigenvalue weighted by atomic mass is 16.4. The Bertz CT molecular complexity index is 457. The molecular formula is C11H12N2O4. The Labute approximate surface area is 97.4 Å². The number of carbonyl (C=O) groups is 3. The molecule has 0 aliphatic heterocycles. The van der Waals surface area contributed by atoms with Gasteiger partial charge in [0.2, 0.25) is 5.91 Å². The molecule has 0 fully saturated rings. The van der Waals surface area contributed by atoms with Gasteiger partial charge in [-0.2, -0.15) is 0 Å². The average molecular weight is 236 g/mol. The number of hydrogen-bond acceptors (Lipinski definition) is 4. The molecule has 90 valence electrons. The molecule has 6 heteroatoms. The Morgan fingerprint density at radius 1 is 1.18 bits per heavy atom. The maximum absolute atomic E-state index is 11.6. The number of benzene rings is 1. The maximum Gasteiger partial charge on any atom is 0.336 e. The van der Waals surface area contributed by atoms with E-state index in [0.29, 0.717) is 0 Å². The van der Waals surface area contributed by atoms with Gasteiger partial charge in [-0.3, -0.25) is 14.9 Å². The zero-order valence-corrected chi connectivity index (χ0v) is 8.97. The van der Waals surface area contributed by atoms with Crippen molar-refractivity contribution in [2.24, 2.45) is 5.73 Å². The van der Waals surface area contributed by atoms with Crippen molar-refractivity contribution in [2.45, 2.75) is 6.42 Å². The van der Waals surface area contributed by atoms with Crippen LogP contribution in [0, 0.1) is 0 Å². The highest BCUT2D eigenvalue weighted by Crippen LogP contribution is 2.08. The summed E-state index contributed by atoms with van der Waals surface area (Å²) < 4.78 is 0. The predicted octanol–water partition coefficient (Wildman–Crippen LogP) is -0.01000.